The Hall–Kier alpha value is -1.62. The van der Waals surface area contributed by atoms with Crippen LogP contribution in [0.5, 0.6) is 0 Å². The number of halogens is 1. The van der Waals surface area contributed by atoms with Crippen molar-refractivity contribution in [2.45, 2.75) is 19.4 Å². The van der Waals surface area contributed by atoms with Gasteiger partial charge >= 0.3 is 5.97 Å². The molecule has 0 aliphatic rings. The molecule has 0 aliphatic carbocycles. The molecule has 1 rings (SSSR count). The number of carboxylic acid groups (broad SMARTS) is 1. The predicted molar refractivity (Wildman–Crippen MR) is 62.9 cm³/mol. The number of nitrogens with zero attached hydrogens (tertiary/aromatic N) is 1. The maximum absolute atomic E-state index is 13.6. The van der Waals surface area contributed by atoms with Gasteiger partial charge in [-0.1, -0.05) is 6.07 Å². The molecule has 1 aromatic rings. The van der Waals surface area contributed by atoms with Gasteiger partial charge in [-0.05, 0) is 25.5 Å². The van der Waals surface area contributed by atoms with Crippen LogP contribution in [0, 0.1) is 5.82 Å². The Morgan fingerprint density at radius 2 is 2.18 bits per heavy atom. The van der Waals surface area contributed by atoms with Crippen LogP contribution >= 0.6 is 0 Å². The number of hydrogen-bond acceptors (Lipinski definition) is 3. The van der Waals surface area contributed by atoms with E-state index in [0.717, 1.165) is 0 Å². The van der Waals surface area contributed by atoms with Crippen molar-refractivity contribution in [3.63, 3.8) is 0 Å². The molecule has 0 fully saturated rings. The lowest BCUT2D eigenvalue weighted by Gasteiger charge is -2.22. The summed E-state index contributed by atoms with van der Waals surface area (Å²) in [4.78, 5) is 12.5. The standard InChI is InChI=1S/C12H16FNO3/c1-8(15)6-7-14(2)11-9(12(16)17)4-3-5-10(11)13/h3-5,8,15H,6-7H2,1-2H3,(H,16,17). The zero-order chi connectivity index (χ0) is 13.0. The highest BCUT2D eigenvalue weighted by Crippen LogP contribution is 2.23. The Morgan fingerprint density at radius 1 is 1.53 bits per heavy atom. The Morgan fingerprint density at radius 3 is 2.71 bits per heavy atom. The first-order chi connectivity index (χ1) is 7.93. The maximum atomic E-state index is 13.6. The monoisotopic (exact) mass is 241 g/mol. The highest BCUT2D eigenvalue weighted by Gasteiger charge is 2.17. The fraction of sp³-hybridized carbons (Fsp3) is 0.417. The summed E-state index contributed by atoms with van der Waals surface area (Å²) in [6.45, 7) is 2.02. The van der Waals surface area contributed by atoms with Gasteiger partial charge in [0.05, 0.1) is 17.4 Å². The van der Waals surface area contributed by atoms with Crippen molar-refractivity contribution >= 4 is 11.7 Å². The molecule has 0 saturated carbocycles. The van der Waals surface area contributed by atoms with Crippen LogP contribution in [0.1, 0.15) is 23.7 Å². The summed E-state index contributed by atoms with van der Waals surface area (Å²) in [5.74, 6) is -1.73. The van der Waals surface area contributed by atoms with Crippen molar-refractivity contribution in [1.82, 2.24) is 0 Å². The summed E-state index contributed by atoms with van der Waals surface area (Å²) in [5.41, 5.74) is -0.0151. The highest BCUT2D eigenvalue weighted by atomic mass is 19.1. The third kappa shape index (κ3) is 3.42. The molecule has 2 N–H and O–H groups in total. The molecule has 4 nitrogen and oxygen atoms in total. The van der Waals surface area contributed by atoms with Gasteiger partial charge < -0.3 is 15.1 Å². The fourth-order valence-corrected chi connectivity index (χ4v) is 1.57. The number of rotatable bonds is 5. The van der Waals surface area contributed by atoms with Crippen molar-refractivity contribution in [2.24, 2.45) is 0 Å². The molecule has 0 saturated heterocycles. The quantitative estimate of drug-likeness (QED) is 0.824. The Balaban J connectivity index is 2.98. The molecule has 1 atom stereocenters. The fourth-order valence-electron chi connectivity index (χ4n) is 1.57. The van der Waals surface area contributed by atoms with E-state index in [9.17, 15) is 9.18 Å². The SMILES string of the molecule is CC(O)CCN(C)c1c(F)cccc1C(=O)O. The van der Waals surface area contributed by atoms with Crippen LogP contribution in [-0.2, 0) is 0 Å². The Bertz CT molecular complexity index is 407. The average molecular weight is 241 g/mol. The van der Waals surface area contributed by atoms with Gasteiger partial charge in [-0.25, -0.2) is 9.18 Å². The second kappa shape index (κ2) is 5.63. The van der Waals surface area contributed by atoms with E-state index in [1.54, 1.807) is 14.0 Å². The van der Waals surface area contributed by atoms with E-state index >= 15 is 0 Å². The predicted octanol–water partition coefficient (Wildman–Crippen LogP) is 1.73. The molecule has 1 aromatic carbocycles. The van der Waals surface area contributed by atoms with Crippen molar-refractivity contribution in [2.75, 3.05) is 18.5 Å². The van der Waals surface area contributed by atoms with Crippen molar-refractivity contribution in [3.8, 4) is 0 Å². The van der Waals surface area contributed by atoms with Crippen LogP contribution in [-0.4, -0.2) is 35.9 Å². The molecule has 0 aliphatic heterocycles. The van der Waals surface area contributed by atoms with Gasteiger partial charge in [-0.3, -0.25) is 0 Å². The number of para-hydroxylation sites is 1. The molecule has 0 bridgehead atoms. The normalized spacial score (nSPS) is 12.2. The van der Waals surface area contributed by atoms with Crippen LogP contribution in [0.25, 0.3) is 0 Å². The van der Waals surface area contributed by atoms with E-state index in [0.29, 0.717) is 13.0 Å². The third-order valence-electron chi connectivity index (χ3n) is 2.48. The van der Waals surface area contributed by atoms with Gasteiger partial charge in [0, 0.05) is 13.6 Å². The van der Waals surface area contributed by atoms with Gasteiger partial charge in [-0.15, -0.1) is 0 Å². The molecule has 0 radical (unpaired) electrons. The average Bonchev–Trinajstić information content (AvgIpc) is 2.25. The number of carbonyl (C=O) groups is 1. The van der Waals surface area contributed by atoms with Crippen molar-refractivity contribution in [3.05, 3.63) is 29.6 Å². The molecule has 5 heteroatoms. The van der Waals surface area contributed by atoms with Crippen molar-refractivity contribution < 1.29 is 19.4 Å². The van der Waals surface area contributed by atoms with Gasteiger partial charge in [0.1, 0.15) is 5.82 Å². The van der Waals surface area contributed by atoms with E-state index in [-0.39, 0.29) is 11.3 Å². The van der Waals surface area contributed by atoms with Gasteiger partial charge in [0.2, 0.25) is 0 Å². The summed E-state index contributed by atoms with van der Waals surface area (Å²) >= 11 is 0. The second-order valence-electron chi connectivity index (χ2n) is 4.00. The zero-order valence-electron chi connectivity index (χ0n) is 9.85. The first kappa shape index (κ1) is 13.4. The molecular weight excluding hydrogens is 225 g/mol. The maximum Gasteiger partial charge on any atom is 0.337 e. The number of anilines is 1. The largest absolute Gasteiger partial charge is 0.478 e. The number of hydrogen-bond donors (Lipinski definition) is 2. The first-order valence-corrected chi connectivity index (χ1v) is 5.34. The Kier molecular flexibility index (Phi) is 4.45. The number of aromatic carboxylic acids is 1. The lowest BCUT2D eigenvalue weighted by molar-refractivity contribution is 0.0697. The van der Waals surface area contributed by atoms with Crippen molar-refractivity contribution in [1.29, 1.82) is 0 Å². The summed E-state index contributed by atoms with van der Waals surface area (Å²) in [6.07, 6.45) is -0.0540. The zero-order valence-corrected chi connectivity index (χ0v) is 9.85. The van der Waals surface area contributed by atoms with Gasteiger partial charge in [0.25, 0.3) is 0 Å². The van der Waals surface area contributed by atoms with Crippen LogP contribution in [0.2, 0.25) is 0 Å². The third-order valence-corrected chi connectivity index (χ3v) is 2.48. The second-order valence-corrected chi connectivity index (χ2v) is 4.00. The molecule has 0 amide bonds. The highest BCUT2D eigenvalue weighted by molar-refractivity contribution is 5.94. The topological polar surface area (TPSA) is 60.8 Å². The molecule has 1 unspecified atom stereocenters. The van der Waals surface area contributed by atoms with Crippen LogP contribution < -0.4 is 4.90 Å². The van der Waals surface area contributed by atoms with E-state index < -0.39 is 17.9 Å². The minimum absolute atomic E-state index is 0.0562. The van der Waals surface area contributed by atoms with E-state index in [1.807, 2.05) is 0 Å². The lowest BCUT2D eigenvalue weighted by atomic mass is 10.1. The van der Waals surface area contributed by atoms with Gasteiger partial charge in [-0.2, -0.15) is 0 Å². The minimum Gasteiger partial charge on any atom is -0.478 e. The van der Waals surface area contributed by atoms with Crippen LogP contribution in [0.4, 0.5) is 10.1 Å². The molecular formula is C12H16FNO3. The summed E-state index contributed by atoms with van der Waals surface area (Å²) in [5, 5.41) is 18.1. The lowest BCUT2D eigenvalue weighted by Crippen LogP contribution is -2.24. The molecule has 0 spiro atoms. The van der Waals surface area contributed by atoms with Crippen LogP contribution in [0.15, 0.2) is 18.2 Å². The van der Waals surface area contributed by atoms with E-state index in [1.165, 1.54) is 23.1 Å². The first-order valence-electron chi connectivity index (χ1n) is 5.34. The molecule has 94 valence electrons. The molecule has 0 aromatic heterocycles. The summed E-state index contributed by atoms with van der Waals surface area (Å²) < 4.78 is 13.6. The number of aliphatic hydroxyl groups excluding tert-OH is 1. The van der Waals surface area contributed by atoms with Gasteiger partial charge in [0.15, 0.2) is 0 Å². The summed E-state index contributed by atoms with van der Waals surface area (Å²) in [6, 6.07) is 3.95. The smallest absolute Gasteiger partial charge is 0.337 e. The molecule has 0 heterocycles. The van der Waals surface area contributed by atoms with E-state index in [4.69, 9.17) is 10.2 Å². The van der Waals surface area contributed by atoms with Crippen LogP contribution in [0.3, 0.4) is 0 Å². The minimum atomic E-state index is -1.16. The molecule has 17 heavy (non-hydrogen) atoms. The number of carboxylic acids is 1. The van der Waals surface area contributed by atoms with E-state index in [2.05, 4.69) is 0 Å². The number of aliphatic hydroxyl groups is 1. The number of benzene rings is 1. The summed E-state index contributed by atoms with van der Waals surface area (Å²) in [7, 11) is 1.60. The Labute approximate surface area is 99.3 Å².